The van der Waals surface area contributed by atoms with Gasteiger partial charge in [-0.05, 0) is 36.4 Å². The highest BCUT2D eigenvalue weighted by Crippen LogP contribution is 2.28. The molecule has 0 bridgehead atoms. The molecule has 0 heterocycles. The number of sulfonamides is 1. The lowest BCUT2D eigenvalue weighted by Gasteiger charge is -2.08. The Kier molecular flexibility index (Phi) is 6.37. The molecule has 2 aromatic carbocycles. The average molecular weight is 478 g/mol. The number of Topliss-reactive ketones (excluding diaryl/α,β-unsaturated/α-hetero) is 1. The van der Waals surface area contributed by atoms with Gasteiger partial charge in [-0.15, -0.1) is 5.11 Å². The number of hydrogen-bond donors (Lipinski definition) is 2. The van der Waals surface area contributed by atoms with Crippen molar-refractivity contribution in [3.05, 3.63) is 64.3 Å². The molecule has 0 aliphatic rings. The van der Waals surface area contributed by atoms with Crippen LogP contribution in [0.4, 0.5) is 18.9 Å². The highest BCUT2D eigenvalue weighted by atomic mass is 79.9. The Labute approximate surface area is 165 Å². The molecular weight excluding hydrogens is 467 g/mol. The summed E-state index contributed by atoms with van der Waals surface area (Å²) in [6.45, 7) is 0. The van der Waals surface area contributed by atoms with Crippen molar-refractivity contribution in [2.24, 2.45) is 15.4 Å². The minimum Gasteiger partial charge on any atom is -0.505 e. The largest absolute Gasteiger partial charge is 0.505 e. The van der Waals surface area contributed by atoms with E-state index in [1.165, 1.54) is 24.3 Å². The van der Waals surface area contributed by atoms with Crippen LogP contribution in [0.2, 0.25) is 0 Å². The maximum atomic E-state index is 12.9. The molecule has 0 spiro atoms. The van der Waals surface area contributed by atoms with Gasteiger partial charge in [0.15, 0.2) is 11.5 Å². The van der Waals surface area contributed by atoms with Gasteiger partial charge >= 0.3 is 6.18 Å². The fraction of sp³-hybridized carbons (Fsp3) is 0.0625. The molecule has 7 nitrogen and oxygen atoms in total. The van der Waals surface area contributed by atoms with E-state index in [9.17, 15) is 31.5 Å². The molecule has 0 aliphatic heterocycles. The normalized spacial score (nSPS) is 13.5. The van der Waals surface area contributed by atoms with Crippen LogP contribution in [-0.2, 0) is 14.8 Å². The van der Waals surface area contributed by atoms with Gasteiger partial charge in [-0.25, -0.2) is 13.6 Å². The van der Waals surface area contributed by atoms with Crippen molar-refractivity contribution in [1.82, 2.24) is 0 Å². The second-order valence-electron chi connectivity index (χ2n) is 5.27. The van der Waals surface area contributed by atoms with E-state index in [1.54, 1.807) is 0 Å². The second-order valence-corrected chi connectivity index (χ2v) is 7.75. The first-order valence-corrected chi connectivity index (χ1v) is 9.59. The lowest BCUT2D eigenvalue weighted by Crippen LogP contribution is -2.24. The SMILES string of the molecule is NS(=O)(=O)c1ccc(N=NC(C(=O)C(F)(F)F)=C(O)c2ccc(Br)cc2)cc1. The van der Waals surface area contributed by atoms with Gasteiger partial charge in [0.1, 0.15) is 0 Å². The van der Waals surface area contributed by atoms with Gasteiger partial charge in [-0.1, -0.05) is 28.1 Å². The Hall–Kier alpha value is -2.57. The van der Waals surface area contributed by atoms with Crippen molar-refractivity contribution in [3.63, 3.8) is 0 Å². The summed E-state index contributed by atoms with van der Waals surface area (Å²) in [6, 6.07) is 9.82. The number of azo groups is 1. The highest BCUT2D eigenvalue weighted by Gasteiger charge is 2.43. The van der Waals surface area contributed by atoms with Gasteiger partial charge in [0.05, 0.1) is 10.6 Å². The second kappa shape index (κ2) is 8.20. The molecule has 28 heavy (non-hydrogen) atoms. The van der Waals surface area contributed by atoms with Gasteiger partial charge in [-0.2, -0.15) is 18.3 Å². The lowest BCUT2D eigenvalue weighted by atomic mass is 10.1. The third kappa shape index (κ3) is 5.47. The van der Waals surface area contributed by atoms with Crippen LogP contribution in [0, 0.1) is 0 Å². The minimum absolute atomic E-state index is 0.0662. The van der Waals surface area contributed by atoms with Crippen LogP contribution in [0.1, 0.15) is 5.56 Å². The summed E-state index contributed by atoms with van der Waals surface area (Å²) in [6.07, 6.45) is -5.30. The van der Waals surface area contributed by atoms with E-state index in [0.717, 1.165) is 24.3 Å². The molecular formula is C16H11BrF3N3O4S. The third-order valence-electron chi connectivity index (χ3n) is 3.25. The number of halogens is 4. The van der Waals surface area contributed by atoms with Gasteiger partial charge in [0.25, 0.3) is 5.78 Å². The van der Waals surface area contributed by atoms with Crippen molar-refractivity contribution in [2.75, 3.05) is 0 Å². The van der Waals surface area contributed by atoms with Crippen LogP contribution in [0.25, 0.3) is 5.76 Å². The molecule has 0 saturated heterocycles. The van der Waals surface area contributed by atoms with E-state index in [1.807, 2.05) is 0 Å². The Morgan fingerprint density at radius 1 is 1.04 bits per heavy atom. The molecule has 0 amide bonds. The lowest BCUT2D eigenvalue weighted by molar-refractivity contribution is -0.166. The Morgan fingerprint density at radius 2 is 1.57 bits per heavy atom. The van der Waals surface area contributed by atoms with Crippen molar-refractivity contribution in [3.8, 4) is 0 Å². The zero-order valence-electron chi connectivity index (χ0n) is 13.7. The Bertz CT molecular complexity index is 1050. The monoisotopic (exact) mass is 477 g/mol. The van der Waals surface area contributed by atoms with E-state index < -0.39 is 33.4 Å². The smallest absolute Gasteiger partial charge is 0.456 e. The van der Waals surface area contributed by atoms with E-state index in [-0.39, 0.29) is 16.1 Å². The van der Waals surface area contributed by atoms with Gasteiger partial charge in [0.2, 0.25) is 10.0 Å². The van der Waals surface area contributed by atoms with Crippen LogP contribution in [-0.4, -0.2) is 25.5 Å². The zero-order chi connectivity index (χ0) is 21.1. The molecule has 148 valence electrons. The number of carbonyl (C=O) groups is 1. The number of carbonyl (C=O) groups excluding carboxylic acids is 1. The first-order valence-electron chi connectivity index (χ1n) is 7.25. The third-order valence-corrected chi connectivity index (χ3v) is 4.70. The first-order chi connectivity index (χ1) is 12.9. The van der Waals surface area contributed by atoms with Crippen LogP contribution in [0.15, 0.2) is 73.8 Å². The number of nitrogens with two attached hydrogens (primary N) is 1. The summed E-state index contributed by atoms with van der Waals surface area (Å²) in [5.74, 6) is -3.41. The molecule has 0 unspecified atom stereocenters. The number of alkyl halides is 3. The molecule has 0 saturated carbocycles. The van der Waals surface area contributed by atoms with Gasteiger partial charge in [0, 0.05) is 10.0 Å². The molecule has 0 radical (unpaired) electrons. The molecule has 3 N–H and O–H groups in total. The number of allylic oxidation sites excluding steroid dienone is 1. The number of aliphatic hydroxyl groups excluding tert-OH is 1. The van der Waals surface area contributed by atoms with Crippen LogP contribution in [0.3, 0.4) is 0 Å². The van der Waals surface area contributed by atoms with Crippen LogP contribution < -0.4 is 5.14 Å². The number of benzene rings is 2. The fourth-order valence-corrected chi connectivity index (χ4v) is 2.67. The number of primary sulfonamides is 1. The topological polar surface area (TPSA) is 122 Å². The highest BCUT2D eigenvalue weighted by molar-refractivity contribution is 9.10. The van der Waals surface area contributed by atoms with Gasteiger partial charge < -0.3 is 5.11 Å². The number of aliphatic hydroxyl groups is 1. The summed E-state index contributed by atoms with van der Waals surface area (Å²) < 4.78 is 61.6. The number of nitrogens with zero attached hydrogens (tertiary/aromatic N) is 2. The van der Waals surface area contributed by atoms with E-state index in [2.05, 4.69) is 26.2 Å². The maximum absolute atomic E-state index is 12.9. The number of ketones is 1. The van der Waals surface area contributed by atoms with Crippen molar-refractivity contribution in [1.29, 1.82) is 0 Å². The molecule has 2 rings (SSSR count). The summed E-state index contributed by atoms with van der Waals surface area (Å²) >= 11 is 3.14. The number of hydrogen-bond acceptors (Lipinski definition) is 6. The summed E-state index contributed by atoms with van der Waals surface area (Å²) in [5, 5.41) is 21.8. The van der Waals surface area contributed by atoms with Crippen LogP contribution in [0.5, 0.6) is 0 Å². The average Bonchev–Trinajstić information content (AvgIpc) is 2.61. The molecule has 0 aromatic heterocycles. The van der Waals surface area contributed by atoms with E-state index in [0.29, 0.717) is 4.47 Å². The molecule has 2 aromatic rings. The molecule has 0 fully saturated rings. The predicted octanol–water partition coefficient (Wildman–Crippen LogP) is 4.24. The number of rotatable bonds is 5. The first kappa shape index (κ1) is 21.7. The quantitative estimate of drug-likeness (QED) is 0.379. The van der Waals surface area contributed by atoms with Crippen LogP contribution >= 0.6 is 15.9 Å². The summed E-state index contributed by atoms with van der Waals surface area (Å²) in [5.41, 5.74) is -1.46. The van der Waals surface area contributed by atoms with Crippen molar-refractivity contribution >= 4 is 43.2 Å². The van der Waals surface area contributed by atoms with Crippen molar-refractivity contribution in [2.45, 2.75) is 11.1 Å². The molecule has 0 aliphatic carbocycles. The fourth-order valence-electron chi connectivity index (χ4n) is 1.89. The Morgan fingerprint density at radius 3 is 2.04 bits per heavy atom. The molecule has 0 atom stereocenters. The maximum Gasteiger partial charge on any atom is 0.456 e. The van der Waals surface area contributed by atoms with Gasteiger partial charge in [-0.3, -0.25) is 4.79 Å². The Balaban J connectivity index is 2.48. The van der Waals surface area contributed by atoms with E-state index in [4.69, 9.17) is 5.14 Å². The van der Waals surface area contributed by atoms with Crippen molar-refractivity contribution < 1.29 is 31.5 Å². The predicted molar refractivity (Wildman–Crippen MR) is 97.1 cm³/mol. The zero-order valence-corrected chi connectivity index (χ0v) is 16.1. The standard InChI is InChI=1S/C16H11BrF3N3O4S/c17-10-3-1-9(2-4-10)14(24)13(15(25)16(18,19)20)23-22-11-5-7-12(8-6-11)28(21,26)27/h1-8,24H,(H2,21,26,27). The molecule has 12 heteroatoms. The summed E-state index contributed by atoms with van der Waals surface area (Å²) in [4.78, 5) is 11.4. The summed E-state index contributed by atoms with van der Waals surface area (Å²) in [7, 11) is -3.96. The minimum atomic E-state index is -5.30. The van der Waals surface area contributed by atoms with E-state index >= 15 is 0 Å².